The average Bonchev–Trinajstić information content (AvgIpc) is 2.72. The lowest BCUT2D eigenvalue weighted by Crippen LogP contribution is -2.49. The molecule has 2 aromatic carbocycles. The zero-order valence-corrected chi connectivity index (χ0v) is 17.6. The quantitative estimate of drug-likeness (QED) is 0.734. The molecule has 0 aliphatic carbocycles. The molecule has 1 saturated heterocycles. The monoisotopic (exact) mass is 412 g/mol. The molecule has 1 heterocycles. The summed E-state index contributed by atoms with van der Waals surface area (Å²) in [5.74, 6) is -0.643. The van der Waals surface area contributed by atoms with E-state index in [1.54, 1.807) is 18.2 Å². The Morgan fingerprint density at radius 2 is 1.50 bits per heavy atom. The molecule has 2 aromatic rings. The number of nitrogens with zero attached hydrogens (tertiary/aromatic N) is 2. The Hall–Kier alpha value is -2.77. The van der Waals surface area contributed by atoms with E-state index in [0.29, 0.717) is 19.5 Å². The summed E-state index contributed by atoms with van der Waals surface area (Å²) in [5, 5.41) is 5.61. The normalized spacial score (nSPS) is 15.0. The van der Waals surface area contributed by atoms with Crippen LogP contribution in [-0.4, -0.2) is 60.9 Å². The van der Waals surface area contributed by atoms with Crippen LogP contribution in [0.5, 0.6) is 0 Å². The molecule has 2 N–H and O–H groups in total. The van der Waals surface area contributed by atoms with Crippen LogP contribution in [0.3, 0.4) is 0 Å². The van der Waals surface area contributed by atoms with Gasteiger partial charge in [0.25, 0.3) is 0 Å². The maximum absolute atomic E-state index is 13.6. The molecule has 0 radical (unpaired) electrons. The molecule has 7 heteroatoms. The third kappa shape index (κ3) is 6.11. The Bertz CT molecular complexity index is 895. The van der Waals surface area contributed by atoms with Crippen molar-refractivity contribution in [3.05, 3.63) is 59.4 Å². The number of carbonyl (C=O) groups excluding carboxylic acids is 2. The first-order chi connectivity index (χ1) is 14.4. The molecular formula is C23H29FN4O2. The Kier molecular flexibility index (Phi) is 7.54. The number of hydrogen-bond donors (Lipinski definition) is 2. The number of carbonyl (C=O) groups is 2. The smallest absolute Gasteiger partial charge is 0.238 e. The fourth-order valence-electron chi connectivity index (χ4n) is 3.49. The molecule has 30 heavy (non-hydrogen) atoms. The van der Waals surface area contributed by atoms with Gasteiger partial charge in [-0.1, -0.05) is 24.3 Å². The second-order valence-electron chi connectivity index (χ2n) is 7.69. The van der Waals surface area contributed by atoms with Crippen LogP contribution in [-0.2, 0) is 9.59 Å². The van der Waals surface area contributed by atoms with E-state index in [1.165, 1.54) is 6.07 Å². The number of piperazine rings is 1. The molecule has 0 aromatic heterocycles. The van der Waals surface area contributed by atoms with Gasteiger partial charge in [-0.15, -0.1) is 0 Å². The third-order valence-corrected chi connectivity index (χ3v) is 5.51. The lowest BCUT2D eigenvalue weighted by atomic mass is 10.1. The molecule has 160 valence electrons. The number of aryl methyl sites for hydroxylation is 1. The standard InChI is InChI=1S/C23H29FN4O2/c1-17-6-5-9-20(18(17)2)25-23(30)16-28-14-12-27(13-15-28)11-10-22(29)26-21-8-4-3-7-19(21)24/h3-9H,10-16H2,1-2H3,(H,25,30)(H,26,29). The van der Waals surface area contributed by atoms with Crippen molar-refractivity contribution in [2.45, 2.75) is 20.3 Å². The van der Waals surface area contributed by atoms with E-state index in [-0.39, 0.29) is 17.5 Å². The molecule has 0 bridgehead atoms. The molecular weight excluding hydrogens is 383 g/mol. The zero-order valence-electron chi connectivity index (χ0n) is 17.6. The highest BCUT2D eigenvalue weighted by molar-refractivity contribution is 5.93. The minimum Gasteiger partial charge on any atom is -0.325 e. The number of hydrogen-bond acceptors (Lipinski definition) is 4. The number of para-hydroxylation sites is 1. The van der Waals surface area contributed by atoms with Crippen LogP contribution in [0.4, 0.5) is 15.8 Å². The topological polar surface area (TPSA) is 64.7 Å². The van der Waals surface area contributed by atoms with E-state index in [0.717, 1.165) is 43.0 Å². The number of nitrogens with one attached hydrogen (secondary N) is 2. The van der Waals surface area contributed by atoms with Crippen molar-refractivity contribution < 1.29 is 14.0 Å². The lowest BCUT2D eigenvalue weighted by Gasteiger charge is -2.34. The second-order valence-corrected chi connectivity index (χ2v) is 7.69. The molecule has 0 atom stereocenters. The van der Waals surface area contributed by atoms with Crippen molar-refractivity contribution in [3.8, 4) is 0 Å². The number of benzene rings is 2. The van der Waals surface area contributed by atoms with Gasteiger partial charge in [-0.2, -0.15) is 0 Å². The highest BCUT2D eigenvalue weighted by Gasteiger charge is 2.20. The van der Waals surface area contributed by atoms with E-state index in [2.05, 4.69) is 20.4 Å². The molecule has 3 rings (SSSR count). The summed E-state index contributed by atoms with van der Waals surface area (Å²) in [4.78, 5) is 28.8. The summed E-state index contributed by atoms with van der Waals surface area (Å²) < 4.78 is 13.6. The molecule has 0 saturated carbocycles. The first kappa shape index (κ1) is 21.9. The minimum atomic E-state index is -0.432. The van der Waals surface area contributed by atoms with Crippen LogP contribution in [0.15, 0.2) is 42.5 Å². The molecule has 0 spiro atoms. The van der Waals surface area contributed by atoms with Crippen LogP contribution >= 0.6 is 0 Å². The predicted octanol–water partition coefficient (Wildman–Crippen LogP) is 3.03. The molecule has 0 unspecified atom stereocenters. The summed E-state index contributed by atoms with van der Waals surface area (Å²) in [7, 11) is 0. The van der Waals surface area contributed by atoms with Crippen LogP contribution in [0, 0.1) is 19.7 Å². The fourth-order valence-corrected chi connectivity index (χ4v) is 3.49. The summed E-state index contributed by atoms with van der Waals surface area (Å²) in [6, 6.07) is 12.0. The predicted molar refractivity (Wildman–Crippen MR) is 117 cm³/mol. The second kappa shape index (κ2) is 10.3. The average molecular weight is 413 g/mol. The van der Waals surface area contributed by atoms with E-state index >= 15 is 0 Å². The summed E-state index contributed by atoms with van der Waals surface area (Å²) in [5.41, 5.74) is 3.31. The van der Waals surface area contributed by atoms with Gasteiger partial charge in [-0.05, 0) is 43.2 Å². The van der Waals surface area contributed by atoms with Gasteiger partial charge in [-0.3, -0.25) is 14.5 Å². The van der Waals surface area contributed by atoms with E-state index < -0.39 is 5.82 Å². The molecule has 6 nitrogen and oxygen atoms in total. The number of amides is 2. The van der Waals surface area contributed by atoms with Crippen molar-refractivity contribution in [2.75, 3.05) is 49.9 Å². The number of anilines is 2. The van der Waals surface area contributed by atoms with E-state index in [9.17, 15) is 14.0 Å². The van der Waals surface area contributed by atoms with Crippen molar-refractivity contribution >= 4 is 23.2 Å². The maximum atomic E-state index is 13.6. The van der Waals surface area contributed by atoms with Gasteiger partial charge < -0.3 is 15.5 Å². The maximum Gasteiger partial charge on any atom is 0.238 e. The Balaban J connectivity index is 1.37. The molecule has 1 aliphatic heterocycles. The Morgan fingerprint density at radius 1 is 0.867 bits per heavy atom. The van der Waals surface area contributed by atoms with Gasteiger partial charge in [0, 0.05) is 44.8 Å². The first-order valence-corrected chi connectivity index (χ1v) is 10.3. The van der Waals surface area contributed by atoms with E-state index in [1.807, 2.05) is 32.0 Å². The fraction of sp³-hybridized carbons (Fsp3) is 0.391. The minimum absolute atomic E-state index is 0.0126. The summed E-state index contributed by atoms with van der Waals surface area (Å²) in [6.07, 6.45) is 0.307. The number of halogens is 1. The van der Waals surface area contributed by atoms with E-state index in [4.69, 9.17) is 0 Å². The van der Waals surface area contributed by atoms with Gasteiger partial charge in [0.15, 0.2) is 0 Å². The zero-order chi connectivity index (χ0) is 21.5. The van der Waals surface area contributed by atoms with Gasteiger partial charge in [-0.25, -0.2) is 4.39 Å². The van der Waals surface area contributed by atoms with Crippen LogP contribution in [0.2, 0.25) is 0 Å². The molecule has 1 fully saturated rings. The Morgan fingerprint density at radius 3 is 2.23 bits per heavy atom. The molecule has 1 aliphatic rings. The number of rotatable bonds is 7. The summed E-state index contributed by atoms with van der Waals surface area (Å²) >= 11 is 0. The lowest BCUT2D eigenvalue weighted by molar-refractivity contribution is -0.117. The van der Waals surface area contributed by atoms with Gasteiger partial charge in [0.2, 0.25) is 11.8 Å². The Labute approximate surface area is 177 Å². The molecule has 2 amide bonds. The SMILES string of the molecule is Cc1cccc(NC(=O)CN2CCN(CCC(=O)Nc3ccccc3F)CC2)c1C. The van der Waals surface area contributed by atoms with Gasteiger partial charge in [0.1, 0.15) is 5.82 Å². The first-order valence-electron chi connectivity index (χ1n) is 10.3. The largest absolute Gasteiger partial charge is 0.325 e. The highest BCUT2D eigenvalue weighted by Crippen LogP contribution is 2.18. The van der Waals surface area contributed by atoms with Crippen molar-refractivity contribution in [2.24, 2.45) is 0 Å². The van der Waals surface area contributed by atoms with Crippen molar-refractivity contribution in [3.63, 3.8) is 0 Å². The van der Waals surface area contributed by atoms with Crippen molar-refractivity contribution in [1.82, 2.24) is 9.80 Å². The van der Waals surface area contributed by atoms with Crippen LogP contribution in [0.1, 0.15) is 17.5 Å². The van der Waals surface area contributed by atoms with Crippen LogP contribution in [0.25, 0.3) is 0 Å². The van der Waals surface area contributed by atoms with Gasteiger partial charge in [0.05, 0.1) is 12.2 Å². The third-order valence-electron chi connectivity index (χ3n) is 5.51. The van der Waals surface area contributed by atoms with Crippen LogP contribution < -0.4 is 10.6 Å². The highest BCUT2D eigenvalue weighted by atomic mass is 19.1. The van der Waals surface area contributed by atoms with Gasteiger partial charge >= 0.3 is 0 Å². The van der Waals surface area contributed by atoms with Crippen molar-refractivity contribution in [1.29, 1.82) is 0 Å². The summed E-state index contributed by atoms with van der Waals surface area (Å²) in [6.45, 7) is 8.14.